The van der Waals surface area contributed by atoms with Crippen molar-refractivity contribution in [2.75, 3.05) is 0 Å². The fourth-order valence-electron chi connectivity index (χ4n) is 1.25. The van der Waals surface area contributed by atoms with Gasteiger partial charge in [-0.2, -0.15) is 5.10 Å². The third-order valence-electron chi connectivity index (χ3n) is 1.90. The molecule has 0 bridgehead atoms. The van der Waals surface area contributed by atoms with Crippen LogP contribution in [0, 0.1) is 6.07 Å². The van der Waals surface area contributed by atoms with Crippen molar-refractivity contribution in [1.82, 2.24) is 9.78 Å². The first kappa shape index (κ1) is 10.3. The molecule has 0 aliphatic heterocycles. The Morgan fingerprint density at radius 2 is 2.07 bits per heavy atom. The number of halogens is 3. The van der Waals surface area contributed by atoms with E-state index in [1.165, 1.54) is 10.9 Å². The van der Waals surface area contributed by atoms with Crippen molar-refractivity contribution in [2.45, 2.75) is 6.43 Å². The van der Waals surface area contributed by atoms with E-state index in [4.69, 9.17) is 0 Å². The zero-order valence-electron chi connectivity index (χ0n) is 7.49. The highest BCUT2D eigenvalue weighted by molar-refractivity contribution is 9.10. The Morgan fingerprint density at radius 1 is 1.33 bits per heavy atom. The number of alkyl halides is 2. The maximum Gasteiger partial charge on any atom is 0.281 e. The summed E-state index contributed by atoms with van der Waals surface area (Å²) in [5.74, 6) is 0. The number of rotatable bonds is 2. The molecule has 0 aliphatic rings. The second-order valence-corrected chi connectivity index (χ2v) is 3.69. The lowest BCUT2D eigenvalue weighted by Crippen LogP contribution is -2.03. The molecule has 0 amide bonds. The summed E-state index contributed by atoms with van der Waals surface area (Å²) in [6, 6.07) is 9.46. The van der Waals surface area contributed by atoms with Crippen LogP contribution < -0.4 is 0 Å². The average molecular weight is 272 g/mol. The fourth-order valence-corrected chi connectivity index (χ4v) is 1.70. The van der Waals surface area contributed by atoms with E-state index in [0.717, 1.165) is 0 Å². The van der Waals surface area contributed by atoms with E-state index < -0.39 is 6.43 Å². The summed E-state index contributed by atoms with van der Waals surface area (Å²) in [6.45, 7) is 0. The van der Waals surface area contributed by atoms with Gasteiger partial charge in [-0.3, -0.25) is 0 Å². The molecule has 77 valence electrons. The van der Waals surface area contributed by atoms with Gasteiger partial charge in [0.25, 0.3) is 6.43 Å². The van der Waals surface area contributed by atoms with Crippen LogP contribution in [0.4, 0.5) is 8.78 Å². The minimum absolute atomic E-state index is 0.234. The van der Waals surface area contributed by atoms with Crippen molar-refractivity contribution in [3.05, 3.63) is 46.7 Å². The van der Waals surface area contributed by atoms with Crippen molar-refractivity contribution in [3.63, 3.8) is 0 Å². The van der Waals surface area contributed by atoms with Crippen molar-refractivity contribution >= 4 is 15.9 Å². The molecule has 0 unspecified atom stereocenters. The number of aromatic nitrogens is 2. The smallest absolute Gasteiger partial charge is 0.230 e. The van der Waals surface area contributed by atoms with Crippen LogP contribution in [-0.4, -0.2) is 9.78 Å². The van der Waals surface area contributed by atoms with Gasteiger partial charge in [0.15, 0.2) is 0 Å². The molecule has 5 heteroatoms. The standard InChI is InChI=1S/C10H6BrF2N2/c11-7-3-1-2-4-8(7)15-9(10(12)13)5-6-14-15/h1-4,6,10H. The van der Waals surface area contributed by atoms with E-state index in [-0.39, 0.29) is 5.69 Å². The Hall–Kier alpha value is -1.23. The third kappa shape index (κ3) is 1.92. The third-order valence-corrected chi connectivity index (χ3v) is 2.57. The lowest BCUT2D eigenvalue weighted by atomic mass is 10.3. The van der Waals surface area contributed by atoms with Gasteiger partial charge in [0.05, 0.1) is 11.9 Å². The number of para-hydroxylation sites is 1. The topological polar surface area (TPSA) is 17.8 Å². The van der Waals surface area contributed by atoms with Crippen molar-refractivity contribution in [2.24, 2.45) is 0 Å². The monoisotopic (exact) mass is 271 g/mol. The van der Waals surface area contributed by atoms with Crippen LogP contribution in [0.3, 0.4) is 0 Å². The number of benzene rings is 1. The molecule has 0 saturated heterocycles. The van der Waals surface area contributed by atoms with E-state index in [1.54, 1.807) is 18.2 Å². The molecule has 1 aromatic heterocycles. The first-order chi connectivity index (χ1) is 7.20. The van der Waals surface area contributed by atoms with Gasteiger partial charge in [0.2, 0.25) is 0 Å². The molecule has 0 aliphatic carbocycles. The molecule has 0 saturated carbocycles. The Morgan fingerprint density at radius 3 is 2.73 bits per heavy atom. The molecule has 15 heavy (non-hydrogen) atoms. The van der Waals surface area contributed by atoms with Crippen LogP contribution in [-0.2, 0) is 0 Å². The van der Waals surface area contributed by atoms with E-state index in [2.05, 4.69) is 27.1 Å². The molecular weight excluding hydrogens is 266 g/mol. The summed E-state index contributed by atoms with van der Waals surface area (Å²) in [4.78, 5) is 0. The molecule has 1 heterocycles. The number of nitrogens with zero attached hydrogens (tertiary/aromatic N) is 2. The molecule has 0 spiro atoms. The number of hydrogen-bond acceptors (Lipinski definition) is 1. The summed E-state index contributed by atoms with van der Waals surface area (Å²) >= 11 is 3.28. The highest BCUT2D eigenvalue weighted by Crippen LogP contribution is 2.25. The molecule has 0 fully saturated rings. The lowest BCUT2D eigenvalue weighted by Gasteiger charge is -2.07. The molecule has 1 radical (unpaired) electrons. The van der Waals surface area contributed by atoms with Gasteiger partial charge in [0, 0.05) is 10.5 Å². The zero-order valence-corrected chi connectivity index (χ0v) is 9.08. The van der Waals surface area contributed by atoms with Crippen LogP contribution in [0.2, 0.25) is 0 Å². The first-order valence-corrected chi connectivity index (χ1v) is 4.98. The second-order valence-electron chi connectivity index (χ2n) is 2.84. The van der Waals surface area contributed by atoms with Gasteiger partial charge in [-0.1, -0.05) is 12.1 Å². The van der Waals surface area contributed by atoms with Crippen LogP contribution in [0.1, 0.15) is 12.1 Å². The Bertz CT molecular complexity index is 468. The maximum atomic E-state index is 12.6. The van der Waals surface area contributed by atoms with Crippen molar-refractivity contribution < 1.29 is 8.78 Å². The van der Waals surface area contributed by atoms with Gasteiger partial charge in [-0.25, -0.2) is 13.5 Å². The van der Waals surface area contributed by atoms with Crippen LogP contribution in [0.15, 0.2) is 34.9 Å². The summed E-state index contributed by atoms with van der Waals surface area (Å²) < 4.78 is 27.0. The maximum absolute atomic E-state index is 12.6. The van der Waals surface area contributed by atoms with E-state index >= 15 is 0 Å². The van der Waals surface area contributed by atoms with E-state index in [9.17, 15) is 8.78 Å². The SMILES string of the molecule is FC(F)c1[c]cnn1-c1ccccc1Br. The number of hydrogen-bond donors (Lipinski definition) is 0. The van der Waals surface area contributed by atoms with Crippen molar-refractivity contribution in [1.29, 1.82) is 0 Å². The normalized spacial score (nSPS) is 10.9. The van der Waals surface area contributed by atoms with E-state index in [1.807, 2.05) is 6.07 Å². The van der Waals surface area contributed by atoms with Gasteiger partial charge in [-0.15, -0.1) is 0 Å². The minimum Gasteiger partial charge on any atom is -0.230 e. The molecule has 0 atom stereocenters. The average Bonchev–Trinajstić information content (AvgIpc) is 2.67. The van der Waals surface area contributed by atoms with Crippen molar-refractivity contribution in [3.8, 4) is 5.69 Å². The Labute approximate surface area is 93.7 Å². The molecule has 0 N–H and O–H groups in total. The molecular formula is C10H6BrF2N2. The predicted octanol–water partition coefficient (Wildman–Crippen LogP) is 3.37. The predicted molar refractivity (Wildman–Crippen MR) is 55.1 cm³/mol. The summed E-state index contributed by atoms with van der Waals surface area (Å²) in [5.41, 5.74) is 0.343. The first-order valence-electron chi connectivity index (χ1n) is 4.19. The van der Waals surface area contributed by atoms with E-state index in [0.29, 0.717) is 10.2 Å². The summed E-state index contributed by atoms with van der Waals surface area (Å²) in [6.07, 6.45) is -1.35. The largest absolute Gasteiger partial charge is 0.281 e. The molecule has 1 aromatic carbocycles. The summed E-state index contributed by atoms with van der Waals surface area (Å²) in [7, 11) is 0. The van der Waals surface area contributed by atoms with Crippen LogP contribution in [0.25, 0.3) is 5.69 Å². The van der Waals surface area contributed by atoms with Crippen LogP contribution in [0.5, 0.6) is 0 Å². The highest BCUT2D eigenvalue weighted by Gasteiger charge is 2.15. The van der Waals surface area contributed by atoms with Gasteiger partial charge < -0.3 is 0 Å². The highest BCUT2D eigenvalue weighted by atomic mass is 79.9. The lowest BCUT2D eigenvalue weighted by molar-refractivity contribution is 0.142. The van der Waals surface area contributed by atoms with Gasteiger partial charge in [-0.05, 0) is 28.1 Å². The second kappa shape index (κ2) is 4.10. The van der Waals surface area contributed by atoms with Crippen LogP contribution >= 0.6 is 15.9 Å². The fraction of sp³-hybridized carbons (Fsp3) is 0.100. The quantitative estimate of drug-likeness (QED) is 0.819. The Kier molecular flexibility index (Phi) is 2.81. The minimum atomic E-state index is -2.58. The Balaban J connectivity index is 2.55. The molecule has 2 rings (SSSR count). The zero-order chi connectivity index (χ0) is 10.8. The van der Waals surface area contributed by atoms with Gasteiger partial charge in [0.1, 0.15) is 5.69 Å². The summed E-state index contributed by atoms with van der Waals surface area (Å²) in [5, 5.41) is 3.82. The van der Waals surface area contributed by atoms with Gasteiger partial charge >= 0.3 is 0 Å². The molecule has 2 nitrogen and oxygen atoms in total. The molecule has 2 aromatic rings.